The summed E-state index contributed by atoms with van der Waals surface area (Å²) in [6.07, 6.45) is 5.98. The van der Waals surface area contributed by atoms with Gasteiger partial charge in [-0.2, -0.15) is 0 Å². The predicted octanol–water partition coefficient (Wildman–Crippen LogP) is 2.57. The van der Waals surface area contributed by atoms with Gasteiger partial charge in [0.15, 0.2) is 0 Å². The van der Waals surface area contributed by atoms with Crippen LogP contribution in [0.15, 0.2) is 18.3 Å². The summed E-state index contributed by atoms with van der Waals surface area (Å²) in [5.74, 6) is 0.717. The molecule has 0 radical (unpaired) electrons. The molecule has 0 saturated carbocycles. The van der Waals surface area contributed by atoms with Gasteiger partial charge in [-0.1, -0.05) is 13.0 Å². The molecular formula is C17H27N3. The van der Waals surface area contributed by atoms with Crippen LogP contribution in [0.2, 0.25) is 0 Å². The van der Waals surface area contributed by atoms with E-state index >= 15 is 0 Å². The highest BCUT2D eigenvalue weighted by Gasteiger charge is 2.32. The lowest BCUT2D eigenvalue weighted by atomic mass is 9.86. The van der Waals surface area contributed by atoms with Gasteiger partial charge in [0, 0.05) is 25.0 Å². The molecule has 2 aliphatic rings. The van der Waals surface area contributed by atoms with Crippen molar-refractivity contribution in [2.24, 2.45) is 5.41 Å². The van der Waals surface area contributed by atoms with Gasteiger partial charge in [-0.05, 0) is 68.8 Å². The fraction of sp³-hybridized carbons (Fsp3) is 0.706. The Hall–Kier alpha value is -0.930. The van der Waals surface area contributed by atoms with Crippen LogP contribution in [0.3, 0.4) is 0 Å². The summed E-state index contributed by atoms with van der Waals surface area (Å²) in [4.78, 5) is 7.12. The topological polar surface area (TPSA) is 28.2 Å². The van der Waals surface area contributed by atoms with E-state index in [4.69, 9.17) is 0 Å². The second-order valence-electron chi connectivity index (χ2n) is 7.02. The molecule has 0 aromatic carbocycles. The number of nitrogens with one attached hydrogen (secondary N) is 1. The number of pyridine rings is 1. The van der Waals surface area contributed by atoms with E-state index in [1.165, 1.54) is 57.5 Å². The molecule has 3 rings (SSSR count). The third-order valence-electron chi connectivity index (χ3n) is 5.06. The van der Waals surface area contributed by atoms with E-state index in [1.54, 1.807) is 0 Å². The van der Waals surface area contributed by atoms with Crippen molar-refractivity contribution in [3.05, 3.63) is 29.6 Å². The molecular weight excluding hydrogens is 246 g/mol. The zero-order chi connectivity index (χ0) is 14.0. The normalized spacial score (nSPS) is 28.9. The average molecular weight is 273 g/mol. The van der Waals surface area contributed by atoms with Crippen LogP contribution < -0.4 is 5.32 Å². The Morgan fingerprint density at radius 2 is 2.15 bits per heavy atom. The summed E-state index contributed by atoms with van der Waals surface area (Å²) in [6.45, 7) is 10.6. The van der Waals surface area contributed by atoms with Gasteiger partial charge in [0.25, 0.3) is 0 Å². The van der Waals surface area contributed by atoms with E-state index in [9.17, 15) is 0 Å². The number of likely N-dealkylation sites (tertiary alicyclic amines) is 1. The molecule has 1 N–H and O–H groups in total. The second kappa shape index (κ2) is 5.82. The number of piperidine rings is 1. The fourth-order valence-electron chi connectivity index (χ4n) is 3.69. The lowest BCUT2D eigenvalue weighted by molar-refractivity contribution is 0.144. The van der Waals surface area contributed by atoms with Crippen LogP contribution in [0.5, 0.6) is 0 Å². The summed E-state index contributed by atoms with van der Waals surface area (Å²) >= 11 is 0. The SMILES string of the molecule is Cc1ccc(C2CCN(CC3(C)CCNC3)CC2)cn1. The number of rotatable bonds is 3. The summed E-state index contributed by atoms with van der Waals surface area (Å²) < 4.78 is 0. The van der Waals surface area contributed by atoms with E-state index < -0.39 is 0 Å². The maximum absolute atomic E-state index is 4.45. The van der Waals surface area contributed by atoms with Crippen LogP contribution in [-0.4, -0.2) is 42.6 Å². The molecule has 3 heteroatoms. The maximum Gasteiger partial charge on any atom is 0.0372 e. The monoisotopic (exact) mass is 273 g/mol. The standard InChI is InChI=1S/C17H27N3/c1-14-3-4-16(11-19-14)15-5-9-20(10-6-15)13-17(2)7-8-18-12-17/h3-4,11,15,18H,5-10,12-13H2,1-2H3. The third kappa shape index (κ3) is 3.21. The molecule has 0 bridgehead atoms. The highest BCUT2D eigenvalue weighted by atomic mass is 15.1. The van der Waals surface area contributed by atoms with Crippen LogP contribution in [0, 0.1) is 12.3 Å². The molecule has 1 atom stereocenters. The molecule has 1 aromatic rings. The predicted molar refractivity (Wildman–Crippen MR) is 83.0 cm³/mol. The Bertz CT molecular complexity index is 426. The zero-order valence-corrected chi connectivity index (χ0v) is 12.9. The molecule has 0 amide bonds. The van der Waals surface area contributed by atoms with E-state index in [0.29, 0.717) is 11.3 Å². The van der Waals surface area contributed by atoms with Crippen molar-refractivity contribution in [1.82, 2.24) is 15.2 Å². The summed E-state index contributed by atoms with van der Waals surface area (Å²) in [5, 5.41) is 3.51. The van der Waals surface area contributed by atoms with E-state index in [-0.39, 0.29) is 0 Å². The van der Waals surface area contributed by atoms with Crippen LogP contribution >= 0.6 is 0 Å². The van der Waals surface area contributed by atoms with Crippen LogP contribution in [0.4, 0.5) is 0 Å². The van der Waals surface area contributed by atoms with Crippen molar-refractivity contribution in [3.63, 3.8) is 0 Å². The molecule has 1 unspecified atom stereocenters. The molecule has 110 valence electrons. The minimum absolute atomic E-state index is 0.498. The van der Waals surface area contributed by atoms with Gasteiger partial charge >= 0.3 is 0 Å². The first-order chi connectivity index (χ1) is 9.65. The summed E-state index contributed by atoms with van der Waals surface area (Å²) in [7, 11) is 0. The Morgan fingerprint density at radius 1 is 1.35 bits per heavy atom. The van der Waals surface area contributed by atoms with E-state index in [0.717, 1.165) is 5.69 Å². The molecule has 2 aliphatic heterocycles. The van der Waals surface area contributed by atoms with Crippen molar-refractivity contribution < 1.29 is 0 Å². The largest absolute Gasteiger partial charge is 0.316 e. The van der Waals surface area contributed by atoms with E-state index in [2.05, 4.69) is 47.4 Å². The molecule has 0 aliphatic carbocycles. The summed E-state index contributed by atoms with van der Waals surface area (Å²) in [6, 6.07) is 4.41. The maximum atomic E-state index is 4.45. The molecule has 2 fully saturated rings. The molecule has 1 aromatic heterocycles. The fourth-order valence-corrected chi connectivity index (χ4v) is 3.69. The molecule has 2 saturated heterocycles. The van der Waals surface area contributed by atoms with Gasteiger partial charge in [0.1, 0.15) is 0 Å². The molecule has 3 nitrogen and oxygen atoms in total. The van der Waals surface area contributed by atoms with Crippen molar-refractivity contribution in [2.75, 3.05) is 32.7 Å². The average Bonchev–Trinajstić information content (AvgIpc) is 2.87. The van der Waals surface area contributed by atoms with Gasteiger partial charge in [-0.25, -0.2) is 0 Å². The second-order valence-corrected chi connectivity index (χ2v) is 7.02. The first kappa shape index (κ1) is 14.0. The van der Waals surface area contributed by atoms with Crippen LogP contribution in [-0.2, 0) is 0 Å². The van der Waals surface area contributed by atoms with Gasteiger partial charge in [0.2, 0.25) is 0 Å². The highest BCUT2D eigenvalue weighted by Crippen LogP contribution is 2.31. The Labute approximate surface area is 122 Å². The summed E-state index contributed by atoms with van der Waals surface area (Å²) in [5.41, 5.74) is 3.05. The first-order valence-electron chi connectivity index (χ1n) is 8.00. The lowest BCUT2D eigenvalue weighted by Crippen LogP contribution is -2.41. The minimum atomic E-state index is 0.498. The van der Waals surface area contributed by atoms with Crippen molar-refractivity contribution in [2.45, 2.75) is 39.0 Å². The van der Waals surface area contributed by atoms with Gasteiger partial charge in [-0.15, -0.1) is 0 Å². The first-order valence-corrected chi connectivity index (χ1v) is 8.00. The van der Waals surface area contributed by atoms with Crippen LogP contribution in [0.1, 0.15) is 43.4 Å². The number of hydrogen-bond donors (Lipinski definition) is 1. The van der Waals surface area contributed by atoms with Gasteiger partial charge in [0.05, 0.1) is 0 Å². The third-order valence-corrected chi connectivity index (χ3v) is 5.06. The number of aromatic nitrogens is 1. The quantitative estimate of drug-likeness (QED) is 0.917. The Balaban J connectivity index is 1.53. The zero-order valence-electron chi connectivity index (χ0n) is 12.9. The number of nitrogens with zero attached hydrogens (tertiary/aromatic N) is 2. The number of hydrogen-bond acceptors (Lipinski definition) is 3. The molecule has 20 heavy (non-hydrogen) atoms. The smallest absolute Gasteiger partial charge is 0.0372 e. The van der Waals surface area contributed by atoms with Crippen molar-refractivity contribution in [3.8, 4) is 0 Å². The molecule has 0 spiro atoms. The Kier molecular flexibility index (Phi) is 4.08. The number of aryl methyl sites for hydroxylation is 1. The minimum Gasteiger partial charge on any atom is -0.316 e. The highest BCUT2D eigenvalue weighted by molar-refractivity contribution is 5.18. The van der Waals surface area contributed by atoms with E-state index in [1.807, 2.05) is 0 Å². The van der Waals surface area contributed by atoms with Crippen molar-refractivity contribution in [1.29, 1.82) is 0 Å². The van der Waals surface area contributed by atoms with Gasteiger partial charge in [-0.3, -0.25) is 4.98 Å². The van der Waals surface area contributed by atoms with Gasteiger partial charge < -0.3 is 10.2 Å². The van der Waals surface area contributed by atoms with Crippen LogP contribution in [0.25, 0.3) is 0 Å². The molecule has 3 heterocycles. The van der Waals surface area contributed by atoms with Crippen molar-refractivity contribution >= 4 is 0 Å². The lowest BCUT2D eigenvalue weighted by Gasteiger charge is -2.37. The Morgan fingerprint density at radius 3 is 2.75 bits per heavy atom.